The maximum atomic E-state index is 14.2. The number of hydrogen-bond donors (Lipinski definition) is 0. The van der Waals surface area contributed by atoms with Crippen LogP contribution >= 0.6 is 7.60 Å². The van der Waals surface area contributed by atoms with E-state index in [9.17, 15) is 18.5 Å². The number of allylic oxidation sites excluding steroid dienone is 1. The van der Waals surface area contributed by atoms with E-state index in [-0.39, 0.29) is 35.5 Å². The molecule has 8 heteroatoms. The molecule has 0 heterocycles. The molecule has 0 saturated heterocycles. The molecule has 0 aromatic heterocycles. The summed E-state index contributed by atoms with van der Waals surface area (Å²) in [6.07, 6.45) is 0. The molecular formula is C14H18F2NaO4P. The van der Waals surface area contributed by atoms with Crippen molar-refractivity contribution in [2.45, 2.75) is 25.7 Å². The molecule has 0 aliphatic heterocycles. The second-order valence-electron chi connectivity index (χ2n) is 4.75. The van der Waals surface area contributed by atoms with Crippen LogP contribution in [0.3, 0.4) is 0 Å². The normalized spacial score (nSPS) is 13.1. The van der Waals surface area contributed by atoms with Gasteiger partial charge in [-0.2, -0.15) is 8.78 Å². The summed E-state index contributed by atoms with van der Waals surface area (Å²) >= 11 is 0. The van der Waals surface area contributed by atoms with Gasteiger partial charge in [-0.15, -0.1) is 0 Å². The molecule has 0 bridgehead atoms. The van der Waals surface area contributed by atoms with Gasteiger partial charge in [-0.05, 0) is 23.3 Å². The second kappa shape index (κ2) is 8.57. The predicted molar refractivity (Wildman–Crippen MR) is 74.1 cm³/mol. The van der Waals surface area contributed by atoms with Crippen LogP contribution in [-0.4, -0.2) is 14.2 Å². The third-order valence-corrected chi connectivity index (χ3v) is 4.58. The van der Waals surface area contributed by atoms with E-state index in [0.717, 1.165) is 20.3 Å². The summed E-state index contributed by atoms with van der Waals surface area (Å²) < 4.78 is 49.1. The summed E-state index contributed by atoms with van der Waals surface area (Å²) in [6.45, 7) is 3.71. The van der Waals surface area contributed by atoms with Crippen LogP contribution in [0.1, 0.15) is 30.9 Å². The van der Waals surface area contributed by atoms with Crippen LogP contribution in [0.15, 0.2) is 35.8 Å². The Kier molecular flexibility index (Phi) is 8.48. The third kappa shape index (κ3) is 5.15. The Labute approximate surface area is 151 Å². The van der Waals surface area contributed by atoms with Gasteiger partial charge in [0.15, 0.2) is 0 Å². The van der Waals surface area contributed by atoms with E-state index in [0.29, 0.717) is 11.4 Å². The van der Waals surface area contributed by atoms with Gasteiger partial charge in [0.2, 0.25) is 0 Å². The molecule has 0 aliphatic rings. The molecule has 0 fully saturated rings. The van der Waals surface area contributed by atoms with E-state index in [4.69, 9.17) is 0 Å². The topological polar surface area (TPSA) is 58.6 Å². The Morgan fingerprint density at radius 3 is 2.32 bits per heavy atom. The van der Waals surface area contributed by atoms with E-state index < -0.39 is 24.8 Å². The summed E-state index contributed by atoms with van der Waals surface area (Å²) in [5, 5.41) is 11.7. The van der Waals surface area contributed by atoms with E-state index in [2.05, 4.69) is 9.05 Å². The molecule has 1 aromatic carbocycles. The number of alkyl halides is 2. The van der Waals surface area contributed by atoms with E-state index in [1.54, 1.807) is 6.07 Å². The van der Waals surface area contributed by atoms with E-state index >= 15 is 0 Å². The zero-order chi connectivity index (χ0) is 16.3. The molecule has 0 aliphatic carbocycles. The zero-order valence-corrected chi connectivity index (χ0v) is 16.2. The summed E-state index contributed by atoms with van der Waals surface area (Å²) in [6, 6.07) is 5.58. The van der Waals surface area contributed by atoms with Crippen LogP contribution in [0.4, 0.5) is 8.78 Å². The minimum atomic E-state index is -3.94. The standard InChI is InChI=1S/C14H19F2O4P.Na/c1-10(2)11-6-5-7-12(8-11)14(15,16)13(17)9-21(18,19-3)20-4;/h5-10,17H,1-4H3;/q;+1/p-1/b13-9-;. The van der Waals surface area contributed by atoms with Crippen molar-refractivity contribution in [3.05, 3.63) is 47.0 Å². The summed E-state index contributed by atoms with van der Waals surface area (Å²) in [5.74, 6) is -5.05. The first-order valence-electron chi connectivity index (χ1n) is 6.26. The fourth-order valence-corrected chi connectivity index (χ4v) is 2.45. The predicted octanol–water partition coefficient (Wildman–Crippen LogP) is 0.593. The molecule has 0 amide bonds. The molecule has 0 N–H and O–H groups in total. The summed E-state index contributed by atoms with van der Waals surface area (Å²) in [7, 11) is -1.90. The molecule has 0 unspecified atom stereocenters. The fourth-order valence-electron chi connectivity index (χ4n) is 1.64. The zero-order valence-electron chi connectivity index (χ0n) is 13.3. The molecule has 118 valence electrons. The van der Waals surface area contributed by atoms with Crippen molar-refractivity contribution in [2.24, 2.45) is 0 Å². The van der Waals surface area contributed by atoms with Crippen LogP contribution < -0.4 is 34.7 Å². The van der Waals surface area contributed by atoms with Gasteiger partial charge in [-0.25, -0.2) is 0 Å². The Hall–Kier alpha value is -0.230. The first-order chi connectivity index (χ1) is 9.66. The Morgan fingerprint density at radius 2 is 1.86 bits per heavy atom. The average molecular weight is 342 g/mol. The fraction of sp³-hybridized carbons (Fsp3) is 0.429. The van der Waals surface area contributed by atoms with Gasteiger partial charge in [0.1, 0.15) is 0 Å². The van der Waals surface area contributed by atoms with Crippen LogP contribution in [0.25, 0.3) is 0 Å². The SMILES string of the molecule is COP(=O)(/C=C(\[O-])C(F)(F)c1cccc(C(C)C)c1)OC.[Na+]. The Balaban J connectivity index is 0.00000441. The number of rotatable bonds is 6. The largest absolute Gasteiger partial charge is 1.00 e. The van der Waals surface area contributed by atoms with E-state index in [1.807, 2.05) is 13.8 Å². The van der Waals surface area contributed by atoms with Gasteiger partial charge in [0.25, 0.3) is 5.92 Å². The van der Waals surface area contributed by atoms with Gasteiger partial charge in [0, 0.05) is 25.6 Å². The maximum absolute atomic E-state index is 14.2. The monoisotopic (exact) mass is 342 g/mol. The molecule has 1 rings (SSSR count). The molecule has 0 spiro atoms. The van der Waals surface area contributed by atoms with Crippen molar-refractivity contribution in [3.8, 4) is 0 Å². The smallest absolute Gasteiger partial charge is 0.871 e. The van der Waals surface area contributed by atoms with Crippen molar-refractivity contribution in [2.75, 3.05) is 14.2 Å². The van der Waals surface area contributed by atoms with Gasteiger partial charge >= 0.3 is 37.2 Å². The summed E-state index contributed by atoms with van der Waals surface area (Å²) in [5.41, 5.74) is 0.232. The van der Waals surface area contributed by atoms with Gasteiger partial charge in [-0.3, -0.25) is 4.57 Å². The van der Waals surface area contributed by atoms with Gasteiger partial charge in [-0.1, -0.05) is 32.0 Å². The molecule has 1 aromatic rings. The third-order valence-electron chi connectivity index (χ3n) is 3.01. The molecular weight excluding hydrogens is 324 g/mol. The number of benzene rings is 1. The van der Waals surface area contributed by atoms with Gasteiger partial charge < -0.3 is 14.2 Å². The summed E-state index contributed by atoms with van der Waals surface area (Å²) in [4.78, 5) is 0. The van der Waals surface area contributed by atoms with Crippen molar-refractivity contribution < 1.29 is 57.1 Å². The first-order valence-corrected chi connectivity index (χ1v) is 7.87. The Bertz CT molecular complexity index is 568. The van der Waals surface area contributed by atoms with Crippen molar-refractivity contribution in [3.63, 3.8) is 0 Å². The molecule has 4 nitrogen and oxygen atoms in total. The minimum absolute atomic E-state index is 0. The second-order valence-corrected chi connectivity index (χ2v) is 6.82. The average Bonchev–Trinajstić information content (AvgIpc) is 2.47. The Morgan fingerprint density at radius 1 is 1.32 bits per heavy atom. The number of halogens is 2. The molecule has 0 radical (unpaired) electrons. The van der Waals surface area contributed by atoms with Crippen molar-refractivity contribution in [1.29, 1.82) is 0 Å². The van der Waals surface area contributed by atoms with Crippen LogP contribution in [-0.2, 0) is 19.5 Å². The van der Waals surface area contributed by atoms with Crippen LogP contribution in [0.2, 0.25) is 0 Å². The molecule has 0 saturated carbocycles. The minimum Gasteiger partial charge on any atom is -0.871 e. The van der Waals surface area contributed by atoms with Crippen molar-refractivity contribution in [1.82, 2.24) is 0 Å². The van der Waals surface area contributed by atoms with E-state index in [1.165, 1.54) is 12.1 Å². The number of hydrogen-bond acceptors (Lipinski definition) is 4. The van der Waals surface area contributed by atoms with Gasteiger partial charge in [0.05, 0.1) is 0 Å². The van der Waals surface area contributed by atoms with Crippen LogP contribution in [0, 0.1) is 0 Å². The first kappa shape index (κ1) is 21.8. The van der Waals surface area contributed by atoms with Crippen LogP contribution in [0.5, 0.6) is 0 Å². The molecule has 22 heavy (non-hydrogen) atoms. The quantitative estimate of drug-likeness (QED) is 0.431. The molecule has 0 atom stereocenters. The maximum Gasteiger partial charge on any atom is 1.00 e. The van der Waals surface area contributed by atoms with Crippen molar-refractivity contribution >= 4 is 7.60 Å².